The number of hydrogen-bond acceptors (Lipinski definition) is 4. The Morgan fingerprint density at radius 2 is 2.16 bits per heavy atom. The highest BCUT2D eigenvalue weighted by Crippen LogP contribution is 2.26. The number of benzene rings is 1. The van der Waals surface area contributed by atoms with Crippen LogP contribution in [0.3, 0.4) is 0 Å². The van der Waals surface area contributed by atoms with Crippen LogP contribution in [0.1, 0.15) is 17.4 Å². The second kappa shape index (κ2) is 6.29. The van der Waals surface area contributed by atoms with E-state index in [9.17, 15) is 4.79 Å². The molecule has 0 spiro atoms. The standard InChI is InChI=1S/C13H13BrN4O/c1-2-16-10-4-3-9(14)7-11(10)18-13(19)12-8-15-5-6-17-12/h3-8,16H,2H2,1H3,(H,18,19). The van der Waals surface area contributed by atoms with Crippen molar-refractivity contribution in [2.75, 3.05) is 17.2 Å². The molecule has 98 valence electrons. The quantitative estimate of drug-likeness (QED) is 0.909. The zero-order valence-corrected chi connectivity index (χ0v) is 11.9. The summed E-state index contributed by atoms with van der Waals surface area (Å²) in [5.74, 6) is -0.287. The number of anilines is 2. The highest BCUT2D eigenvalue weighted by molar-refractivity contribution is 9.10. The van der Waals surface area contributed by atoms with Gasteiger partial charge in [0.2, 0.25) is 0 Å². The van der Waals surface area contributed by atoms with Crippen molar-refractivity contribution in [2.24, 2.45) is 0 Å². The largest absolute Gasteiger partial charge is 0.384 e. The van der Waals surface area contributed by atoms with Crippen LogP contribution in [-0.2, 0) is 0 Å². The van der Waals surface area contributed by atoms with E-state index in [1.165, 1.54) is 18.6 Å². The third kappa shape index (κ3) is 3.51. The lowest BCUT2D eigenvalue weighted by molar-refractivity contribution is 0.102. The van der Waals surface area contributed by atoms with Gasteiger partial charge < -0.3 is 10.6 Å². The Labute approximate surface area is 119 Å². The summed E-state index contributed by atoms with van der Waals surface area (Å²) in [6.07, 6.45) is 4.45. The van der Waals surface area contributed by atoms with Crippen LogP contribution in [0.5, 0.6) is 0 Å². The van der Waals surface area contributed by atoms with Crippen LogP contribution >= 0.6 is 15.9 Å². The number of hydrogen-bond donors (Lipinski definition) is 2. The van der Waals surface area contributed by atoms with Crippen LogP contribution < -0.4 is 10.6 Å². The highest BCUT2D eigenvalue weighted by Gasteiger charge is 2.10. The topological polar surface area (TPSA) is 66.9 Å². The third-order valence-corrected chi connectivity index (χ3v) is 2.89. The van der Waals surface area contributed by atoms with Crippen molar-refractivity contribution in [1.29, 1.82) is 0 Å². The first kappa shape index (κ1) is 13.5. The highest BCUT2D eigenvalue weighted by atomic mass is 79.9. The van der Waals surface area contributed by atoms with Gasteiger partial charge in [0.25, 0.3) is 5.91 Å². The first-order valence-electron chi connectivity index (χ1n) is 5.81. The van der Waals surface area contributed by atoms with Gasteiger partial charge in [0, 0.05) is 23.4 Å². The van der Waals surface area contributed by atoms with Gasteiger partial charge in [-0.1, -0.05) is 15.9 Å². The number of nitrogens with zero attached hydrogens (tertiary/aromatic N) is 2. The minimum Gasteiger partial charge on any atom is -0.384 e. The third-order valence-electron chi connectivity index (χ3n) is 2.39. The Morgan fingerprint density at radius 1 is 1.32 bits per heavy atom. The molecule has 0 saturated heterocycles. The van der Waals surface area contributed by atoms with E-state index in [4.69, 9.17) is 0 Å². The van der Waals surface area contributed by atoms with E-state index in [0.29, 0.717) is 5.69 Å². The normalized spacial score (nSPS) is 10.0. The lowest BCUT2D eigenvalue weighted by Crippen LogP contribution is -2.15. The molecule has 5 nitrogen and oxygen atoms in total. The maximum absolute atomic E-state index is 12.0. The number of rotatable bonds is 4. The fourth-order valence-electron chi connectivity index (χ4n) is 1.57. The molecule has 1 aromatic heterocycles. The lowest BCUT2D eigenvalue weighted by Gasteiger charge is -2.12. The summed E-state index contributed by atoms with van der Waals surface area (Å²) in [4.78, 5) is 19.9. The Hall–Kier alpha value is -1.95. The average molecular weight is 321 g/mol. The van der Waals surface area contributed by atoms with Crippen LogP contribution in [0.15, 0.2) is 41.3 Å². The van der Waals surface area contributed by atoms with Gasteiger partial charge in [0.1, 0.15) is 5.69 Å². The van der Waals surface area contributed by atoms with Crippen LogP contribution in [0, 0.1) is 0 Å². The summed E-state index contributed by atoms with van der Waals surface area (Å²) < 4.78 is 0.892. The van der Waals surface area contributed by atoms with Crippen LogP contribution in [-0.4, -0.2) is 22.4 Å². The fourth-order valence-corrected chi connectivity index (χ4v) is 1.93. The molecule has 19 heavy (non-hydrogen) atoms. The van der Waals surface area contributed by atoms with Gasteiger partial charge in [-0.25, -0.2) is 4.98 Å². The molecule has 1 amide bonds. The van der Waals surface area contributed by atoms with Crippen LogP contribution in [0.25, 0.3) is 0 Å². The minimum absolute atomic E-state index is 0.282. The van der Waals surface area contributed by atoms with Crippen LogP contribution in [0.4, 0.5) is 11.4 Å². The molecule has 6 heteroatoms. The molecule has 2 N–H and O–H groups in total. The first-order chi connectivity index (χ1) is 9.20. The van der Waals surface area contributed by atoms with Gasteiger partial charge in [0.05, 0.1) is 17.6 Å². The molecule has 0 aliphatic heterocycles. The molecule has 0 unspecified atom stereocenters. The summed E-state index contributed by atoms with van der Waals surface area (Å²) in [6.45, 7) is 2.77. The number of carbonyl (C=O) groups is 1. The smallest absolute Gasteiger partial charge is 0.275 e. The second-order valence-electron chi connectivity index (χ2n) is 3.77. The maximum atomic E-state index is 12.0. The zero-order chi connectivity index (χ0) is 13.7. The number of carbonyl (C=O) groups excluding carboxylic acids is 1. The summed E-state index contributed by atoms with van der Waals surface area (Å²) in [5, 5.41) is 6.01. The second-order valence-corrected chi connectivity index (χ2v) is 4.68. The van der Waals surface area contributed by atoms with Gasteiger partial charge in [-0.15, -0.1) is 0 Å². The molecule has 0 saturated carbocycles. The Kier molecular flexibility index (Phi) is 4.46. The molecule has 2 rings (SSSR count). The van der Waals surface area contributed by atoms with Crippen molar-refractivity contribution in [2.45, 2.75) is 6.92 Å². The summed E-state index contributed by atoms with van der Waals surface area (Å²) >= 11 is 3.39. The number of halogens is 1. The van der Waals surface area contributed by atoms with E-state index < -0.39 is 0 Å². The van der Waals surface area contributed by atoms with Gasteiger partial charge in [-0.2, -0.15) is 0 Å². The van der Waals surface area contributed by atoms with Crippen LogP contribution in [0.2, 0.25) is 0 Å². The van der Waals surface area contributed by atoms with Crippen molar-refractivity contribution in [3.8, 4) is 0 Å². The Balaban J connectivity index is 2.23. The number of nitrogens with one attached hydrogen (secondary N) is 2. The summed E-state index contributed by atoms with van der Waals surface area (Å²) in [5.41, 5.74) is 1.85. The molecule has 0 radical (unpaired) electrons. The first-order valence-corrected chi connectivity index (χ1v) is 6.61. The molecule has 2 aromatic rings. The average Bonchev–Trinajstić information content (AvgIpc) is 2.43. The maximum Gasteiger partial charge on any atom is 0.275 e. The molecule has 1 heterocycles. The van der Waals surface area contributed by atoms with E-state index >= 15 is 0 Å². The molecule has 0 aliphatic carbocycles. The van der Waals surface area contributed by atoms with E-state index in [1.54, 1.807) is 0 Å². The van der Waals surface area contributed by atoms with Crippen molar-refractivity contribution in [3.05, 3.63) is 47.0 Å². The molecule has 1 aromatic carbocycles. The lowest BCUT2D eigenvalue weighted by atomic mass is 10.2. The molecular weight excluding hydrogens is 308 g/mol. The van der Waals surface area contributed by atoms with Gasteiger partial charge in [-0.05, 0) is 25.1 Å². The predicted molar refractivity (Wildman–Crippen MR) is 78.3 cm³/mol. The summed E-state index contributed by atoms with van der Waals surface area (Å²) in [7, 11) is 0. The van der Waals surface area contributed by atoms with Crippen molar-refractivity contribution in [3.63, 3.8) is 0 Å². The van der Waals surface area contributed by atoms with Crippen molar-refractivity contribution in [1.82, 2.24) is 9.97 Å². The van der Waals surface area contributed by atoms with Crippen molar-refractivity contribution < 1.29 is 4.79 Å². The Bertz CT molecular complexity index is 574. The molecule has 0 fully saturated rings. The number of aromatic nitrogens is 2. The minimum atomic E-state index is -0.287. The van der Waals surface area contributed by atoms with E-state index in [0.717, 1.165) is 16.7 Å². The van der Waals surface area contributed by atoms with E-state index in [-0.39, 0.29) is 11.6 Å². The SMILES string of the molecule is CCNc1ccc(Br)cc1NC(=O)c1cnccn1. The molecule has 0 bridgehead atoms. The molecule has 0 aliphatic rings. The van der Waals surface area contributed by atoms with Gasteiger partial charge in [0.15, 0.2) is 0 Å². The van der Waals surface area contributed by atoms with E-state index in [2.05, 4.69) is 36.5 Å². The number of amides is 1. The summed E-state index contributed by atoms with van der Waals surface area (Å²) in [6, 6.07) is 5.65. The van der Waals surface area contributed by atoms with Gasteiger partial charge >= 0.3 is 0 Å². The predicted octanol–water partition coefficient (Wildman–Crippen LogP) is 2.92. The monoisotopic (exact) mass is 320 g/mol. The fraction of sp³-hybridized carbons (Fsp3) is 0.154. The molecule has 0 atom stereocenters. The van der Waals surface area contributed by atoms with Gasteiger partial charge in [-0.3, -0.25) is 9.78 Å². The Morgan fingerprint density at radius 3 is 2.84 bits per heavy atom. The zero-order valence-electron chi connectivity index (χ0n) is 10.4. The van der Waals surface area contributed by atoms with E-state index in [1.807, 2.05) is 25.1 Å². The van der Waals surface area contributed by atoms with Crippen molar-refractivity contribution >= 4 is 33.2 Å². The molecular formula is C13H13BrN4O.